The quantitative estimate of drug-likeness (QED) is 0.597. The monoisotopic (exact) mass is 450 g/mol. The molecule has 2 heterocycles. The average molecular weight is 451 g/mol. The number of carbonyl (C=O) groups is 1. The average Bonchev–Trinajstić information content (AvgIpc) is 3.25. The first kappa shape index (κ1) is 22.7. The summed E-state index contributed by atoms with van der Waals surface area (Å²) in [4.78, 5) is 12.5. The molecule has 3 aromatic rings. The van der Waals surface area contributed by atoms with Gasteiger partial charge in [0, 0.05) is 25.0 Å². The van der Waals surface area contributed by atoms with Gasteiger partial charge in [-0.2, -0.15) is 13.9 Å². The van der Waals surface area contributed by atoms with E-state index >= 15 is 0 Å². The number of hydrogen-bond acceptors (Lipinski definition) is 5. The fraction of sp³-hybridized carbons (Fsp3) is 0.238. The molecule has 0 bridgehead atoms. The van der Waals surface area contributed by atoms with E-state index in [1.165, 1.54) is 16.8 Å². The summed E-state index contributed by atoms with van der Waals surface area (Å²) in [5.74, 6) is -0.300. The highest BCUT2D eigenvalue weighted by molar-refractivity contribution is 6.02. The van der Waals surface area contributed by atoms with Crippen LogP contribution in [0.2, 0.25) is 0 Å². The molecule has 7 nitrogen and oxygen atoms in total. The minimum atomic E-state index is -2.88. The van der Waals surface area contributed by atoms with Gasteiger partial charge in [-0.25, -0.2) is 4.68 Å². The number of aromatic nitrogens is 2. The number of rotatable bonds is 6. The molecule has 1 amide bonds. The van der Waals surface area contributed by atoms with Crippen molar-refractivity contribution in [2.24, 2.45) is 0 Å². The molecular weight excluding hydrogens is 430 g/mol. The van der Waals surface area contributed by atoms with E-state index in [1.807, 2.05) is 24.3 Å². The molecule has 0 saturated carbocycles. The van der Waals surface area contributed by atoms with Gasteiger partial charge in [0.15, 0.2) is 5.69 Å². The number of nitrogens with zero attached hydrogens (tertiary/aromatic N) is 2. The zero-order valence-electron chi connectivity index (χ0n) is 16.3. The summed E-state index contributed by atoms with van der Waals surface area (Å²) in [7, 11) is 0. The molecule has 2 N–H and O–H groups in total. The highest BCUT2D eigenvalue weighted by Crippen LogP contribution is 2.21. The van der Waals surface area contributed by atoms with Crippen molar-refractivity contribution in [1.82, 2.24) is 15.1 Å². The Hall–Kier alpha value is -3.01. The van der Waals surface area contributed by atoms with E-state index < -0.39 is 6.61 Å². The summed E-state index contributed by atoms with van der Waals surface area (Å²) >= 11 is 0. The largest absolute Gasteiger partial charge is 0.435 e. The lowest BCUT2D eigenvalue weighted by Crippen LogP contribution is -2.33. The van der Waals surface area contributed by atoms with Crippen molar-refractivity contribution in [2.45, 2.75) is 12.7 Å². The van der Waals surface area contributed by atoms with Gasteiger partial charge in [-0.05, 0) is 48.0 Å². The molecule has 0 aliphatic carbocycles. The normalized spacial score (nSPS) is 15.9. The number of nitrogens with one attached hydrogen (secondary N) is 2. The van der Waals surface area contributed by atoms with Crippen molar-refractivity contribution in [3.8, 4) is 11.4 Å². The number of alkyl halides is 2. The first-order valence-electron chi connectivity index (χ1n) is 9.43. The second kappa shape index (κ2) is 10.3. The standard InChI is InChI=1S/C21H20F2N4O3.ClH/c22-21(23)30-17-7-5-16(6-8-17)27-11-9-18(26-27)20(28)25-15-3-1-14(2-4-15)19-13-24-10-12-29-19;/h1-9,11,19,21,24H,10,12-13H2,(H,25,28);1H/t19-;/m0./s1. The Balaban J connectivity index is 0.00000272. The third kappa shape index (κ3) is 5.78. The van der Waals surface area contributed by atoms with E-state index in [4.69, 9.17) is 4.74 Å². The van der Waals surface area contributed by atoms with Crippen molar-refractivity contribution in [3.05, 3.63) is 72.1 Å². The molecule has 2 aromatic carbocycles. The van der Waals surface area contributed by atoms with Gasteiger partial charge in [0.05, 0.1) is 18.4 Å². The van der Waals surface area contributed by atoms with Crippen LogP contribution in [0.5, 0.6) is 5.75 Å². The molecular formula is C21H21ClF2N4O3. The third-order valence-corrected chi connectivity index (χ3v) is 4.62. The van der Waals surface area contributed by atoms with E-state index in [0.29, 0.717) is 18.0 Å². The van der Waals surface area contributed by atoms with E-state index in [9.17, 15) is 13.6 Å². The molecule has 1 aliphatic heterocycles. The van der Waals surface area contributed by atoms with Crippen LogP contribution in [0.25, 0.3) is 5.69 Å². The summed E-state index contributed by atoms with van der Waals surface area (Å²) in [5, 5.41) is 10.3. The lowest BCUT2D eigenvalue weighted by atomic mass is 10.1. The summed E-state index contributed by atoms with van der Waals surface area (Å²) in [6, 6.07) is 15.1. The number of benzene rings is 2. The number of morpholine rings is 1. The predicted octanol–water partition coefficient (Wildman–Crippen LogP) is 3.81. The van der Waals surface area contributed by atoms with Gasteiger partial charge in [-0.3, -0.25) is 4.79 Å². The lowest BCUT2D eigenvalue weighted by molar-refractivity contribution is -0.0498. The lowest BCUT2D eigenvalue weighted by Gasteiger charge is -2.24. The van der Waals surface area contributed by atoms with Gasteiger partial charge in [-0.15, -0.1) is 12.4 Å². The topological polar surface area (TPSA) is 77.4 Å². The fourth-order valence-electron chi connectivity index (χ4n) is 3.12. The van der Waals surface area contributed by atoms with Crippen LogP contribution in [0.3, 0.4) is 0 Å². The highest BCUT2D eigenvalue weighted by Gasteiger charge is 2.16. The SMILES string of the molecule is Cl.O=C(Nc1ccc([C@@H]2CNCCO2)cc1)c1ccn(-c2ccc(OC(F)F)cc2)n1. The van der Waals surface area contributed by atoms with Gasteiger partial charge in [0.2, 0.25) is 0 Å². The smallest absolute Gasteiger partial charge is 0.387 e. The number of amides is 1. The minimum absolute atomic E-state index is 0. The second-order valence-corrected chi connectivity index (χ2v) is 6.66. The van der Waals surface area contributed by atoms with Crippen LogP contribution in [0.15, 0.2) is 60.8 Å². The Labute approximate surface area is 183 Å². The van der Waals surface area contributed by atoms with Gasteiger partial charge < -0.3 is 20.1 Å². The number of carbonyl (C=O) groups excluding carboxylic acids is 1. The van der Waals surface area contributed by atoms with Gasteiger partial charge in [0.25, 0.3) is 5.91 Å². The Morgan fingerprint density at radius 3 is 2.55 bits per heavy atom. The second-order valence-electron chi connectivity index (χ2n) is 6.66. The fourth-order valence-corrected chi connectivity index (χ4v) is 3.12. The van der Waals surface area contributed by atoms with Crippen molar-refractivity contribution in [3.63, 3.8) is 0 Å². The van der Waals surface area contributed by atoms with Crippen molar-refractivity contribution in [2.75, 3.05) is 25.0 Å². The van der Waals surface area contributed by atoms with Gasteiger partial charge in [-0.1, -0.05) is 12.1 Å². The first-order chi connectivity index (χ1) is 14.6. The highest BCUT2D eigenvalue weighted by atomic mass is 35.5. The first-order valence-corrected chi connectivity index (χ1v) is 9.43. The maximum Gasteiger partial charge on any atom is 0.387 e. The van der Waals surface area contributed by atoms with Crippen molar-refractivity contribution < 1.29 is 23.0 Å². The summed E-state index contributed by atoms with van der Waals surface area (Å²) in [6.45, 7) is -0.589. The van der Waals surface area contributed by atoms with E-state index in [0.717, 1.165) is 18.7 Å². The van der Waals surface area contributed by atoms with E-state index in [-0.39, 0.29) is 35.9 Å². The molecule has 1 saturated heterocycles. The zero-order valence-corrected chi connectivity index (χ0v) is 17.1. The zero-order chi connectivity index (χ0) is 20.9. The maximum atomic E-state index is 12.5. The Kier molecular flexibility index (Phi) is 7.56. The Morgan fingerprint density at radius 2 is 1.90 bits per heavy atom. The molecule has 4 rings (SSSR count). The summed E-state index contributed by atoms with van der Waals surface area (Å²) in [6.07, 6.45) is 1.63. The molecule has 0 radical (unpaired) electrons. The van der Waals surface area contributed by atoms with E-state index in [2.05, 4.69) is 20.5 Å². The minimum Gasteiger partial charge on any atom is -0.435 e. The van der Waals surface area contributed by atoms with Crippen molar-refractivity contribution >= 4 is 24.0 Å². The Bertz CT molecular complexity index is 991. The number of ether oxygens (including phenoxy) is 2. The van der Waals surface area contributed by atoms with Crippen LogP contribution in [0, 0.1) is 0 Å². The molecule has 1 atom stereocenters. The maximum absolute atomic E-state index is 12.5. The molecule has 1 aliphatic rings. The van der Waals surface area contributed by atoms with E-state index in [1.54, 1.807) is 24.4 Å². The molecule has 10 heteroatoms. The molecule has 164 valence electrons. The van der Waals surface area contributed by atoms with Crippen LogP contribution in [0.4, 0.5) is 14.5 Å². The molecule has 1 aromatic heterocycles. The molecule has 1 fully saturated rings. The Morgan fingerprint density at radius 1 is 1.16 bits per heavy atom. The third-order valence-electron chi connectivity index (χ3n) is 4.62. The van der Waals surface area contributed by atoms with Crippen LogP contribution in [0.1, 0.15) is 22.2 Å². The number of anilines is 1. The van der Waals surface area contributed by atoms with Crippen LogP contribution < -0.4 is 15.4 Å². The number of hydrogen-bond donors (Lipinski definition) is 2. The van der Waals surface area contributed by atoms with Gasteiger partial charge in [0.1, 0.15) is 5.75 Å². The summed E-state index contributed by atoms with van der Waals surface area (Å²) < 4.78 is 36.0. The summed E-state index contributed by atoms with van der Waals surface area (Å²) in [5.41, 5.74) is 2.53. The van der Waals surface area contributed by atoms with Crippen molar-refractivity contribution in [1.29, 1.82) is 0 Å². The van der Waals surface area contributed by atoms with Crippen LogP contribution in [-0.4, -0.2) is 42.0 Å². The molecule has 0 spiro atoms. The predicted molar refractivity (Wildman–Crippen MR) is 113 cm³/mol. The molecule has 0 unspecified atom stereocenters. The molecule has 31 heavy (non-hydrogen) atoms. The van der Waals surface area contributed by atoms with Crippen LogP contribution >= 0.6 is 12.4 Å². The van der Waals surface area contributed by atoms with Gasteiger partial charge >= 0.3 is 6.61 Å². The number of halogens is 3. The van der Waals surface area contributed by atoms with Crippen LogP contribution in [-0.2, 0) is 4.74 Å².